The molecule has 1 heterocycles. The molecule has 0 fully saturated rings. The first-order valence-electron chi connectivity index (χ1n) is 9.15. The average Bonchev–Trinajstić information content (AvgIpc) is 2.76. The molecule has 1 atom stereocenters. The number of fused-ring (bicyclic) bond motifs is 1. The van der Waals surface area contributed by atoms with Crippen LogP contribution in [0.5, 0.6) is 11.5 Å². The summed E-state index contributed by atoms with van der Waals surface area (Å²) in [4.78, 5) is 26.6. The molecular weight excluding hydrogens is 412 g/mol. The SMILES string of the molecule is CCNS(=O)(=O)c1cc(C(=O)N2C[C@H](C(=O)OC)Oc3ccccc32)ccc1OC. The van der Waals surface area contributed by atoms with Gasteiger partial charge in [0, 0.05) is 12.1 Å². The minimum Gasteiger partial charge on any atom is -0.495 e. The first-order chi connectivity index (χ1) is 14.3. The minimum absolute atomic E-state index is 0.0795. The van der Waals surface area contributed by atoms with Crippen molar-refractivity contribution in [3.05, 3.63) is 48.0 Å². The number of para-hydroxylation sites is 2. The van der Waals surface area contributed by atoms with E-state index in [0.717, 1.165) is 0 Å². The fraction of sp³-hybridized carbons (Fsp3) is 0.300. The first-order valence-corrected chi connectivity index (χ1v) is 10.6. The molecule has 10 heteroatoms. The second-order valence-electron chi connectivity index (χ2n) is 6.38. The van der Waals surface area contributed by atoms with Gasteiger partial charge in [0.15, 0.2) is 0 Å². The Bertz CT molecular complexity index is 1070. The molecule has 0 saturated carbocycles. The van der Waals surface area contributed by atoms with Crippen LogP contribution in [0, 0.1) is 0 Å². The van der Waals surface area contributed by atoms with Crippen LogP contribution in [0.25, 0.3) is 0 Å². The van der Waals surface area contributed by atoms with Crippen molar-refractivity contribution in [3.63, 3.8) is 0 Å². The molecule has 30 heavy (non-hydrogen) atoms. The molecule has 0 radical (unpaired) electrons. The van der Waals surface area contributed by atoms with Crippen molar-refractivity contribution < 1.29 is 32.2 Å². The molecule has 0 unspecified atom stereocenters. The van der Waals surface area contributed by atoms with Gasteiger partial charge >= 0.3 is 5.97 Å². The number of carbonyl (C=O) groups is 2. The number of nitrogens with one attached hydrogen (secondary N) is 1. The smallest absolute Gasteiger partial charge is 0.348 e. The second kappa shape index (κ2) is 8.72. The Labute approximate surface area is 174 Å². The molecule has 0 saturated heterocycles. The van der Waals surface area contributed by atoms with E-state index in [1.807, 2.05) is 0 Å². The van der Waals surface area contributed by atoms with E-state index in [2.05, 4.69) is 4.72 Å². The first kappa shape index (κ1) is 21.6. The highest BCUT2D eigenvalue weighted by Crippen LogP contribution is 2.35. The highest BCUT2D eigenvalue weighted by Gasteiger charge is 2.35. The second-order valence-corrected chi connectivity index (χ2v) is 8.12. The molecule has 0 aromatic heterocycles. The monoisotopic (exact) mass is 434 g/mol. The third-order valence-corrected chi connectivity index (χ3v) is 6.08. The van der Waals surface area contributed by atoms with Crippen LogP contribution in [0.2, 0.25) is 0 Å². The fourth-order valence-corrected chi connectivity index (χ4v) is 4.36. The average molecular weight is 434 g/mol. The van der Waals surface area contributed by atoms with Crippen molar-refractivity contribution in [2.75, 3.05) is 32.2 Å². The van der Waals surface area contributed by atoms with Gasteiger partial charge in [-0.2, -0.15) is 0 Å². The predicted octanol–water partition coefficient (Wildman–Crippen LogP) is 1.57. The van der Waals surface area contributed by atoms with E-state index in [1.54, 1.807) is 31.2 Å². The molecule has 1 aliphatic rings. The zero-order valence-electron chi connectivity index (χ0n) is 16.7. The Morgan fingerprint density at radius 2 is 1.93 bits per heavy atom. The lowest BCUT2D eigenvalue weighted by molar-refractivity contribution is -0.148. The van der Waals surface area contributed by atoms with Crippen molar-refractivity contribution in [2.24, 2.45) is 0 Å². The highest BCUT2D eigenvalue weighted by molar-refractivity contribution is 7.89. The Balaban J connectivity index is 2.04. The summed E-state index contributed by atoms with van der Waals surface area (Å²) in [5.74, 6) is -0.647. The van der Waals surface area contributed by atoms with Gasteiger partial charge in [0.1, 0.15) is 16.4 Å². The van der Waals surface area contributed by atoms with Gasteiger partial charge in [0.25, 0.3) is 5.91 Å². The Kier molecular flexibility index (Phi) is 6.28. The summed E-state index contributed by atoms with van der Waals surface area (Å²) in [6.07, 6.45) is -1.00. The molecule has 160 valence electrons. The summed E-state index contributed by atoms with van der Waals surface area (Å²) in [6.45, 7) is 1.75. The number of nitrogens with zero attached hydrogens (tertiary/aromatic N) is 1. The number of rotatable bonds is 6. The van der Waals surface area contributed by atoms with Gasteiger partial charge in [0.05, 0.1) is 26.5 Å². The van der Waals surface area contributed by atoms with Crippen LogP contribution in [0.1, 0.15) is 17.3 Å². The summed E-state index contributed by atoms with van der Waals surface area (Å²) < 4.78 is 43.0. The summed E-state index contributed by atoms with van der Waals surface area (Å²) in [5.41, 5.74) is 0.585. The van der Waals surface area contributed by atoms with Crippen LogP contribution < -0.4 is 19.1 Å². The lowest BCUT2D eigenvalue weighted by Crippen LogP contribution is -2.47. The van der Waals surface area contributed by atoms with Gasteiger partial charge in [-0.15, -0.1) is 0 Å². The number of methoxy groups -OCH3 is 2. The van der Waals surface area contributed by atoms with Gasteiger partial charge in [-0.05, 0) is 30.3 Å². The number of sulfonamides is 1. The molecule has 0 aliphatic carbocycles. The van der Waals surface area contributed by atoms with E-state index in [-0.39, 0.29) is 29.3 Å². The van der Waals surface area contributed by atoms with Crippen LogP contribution in [-0.2, 0) is 19.6 Å². The molecule has 9 nitrogen and oxygen atoms in total. The number of hydrogen-bond acceptors (Lipinski definition) is 7. The summed E-state index contributed by atoms with van der Waals surface area (Å²) in [6, 6.07) is 10.9. The van der Waals surface area contributed by atoms with E-state index < -0.39 is 28.0 Å². The zero-order valence-corrected chi connectivity index (χ0v) is 17.6. The van der Waals surface area contributed by atoms with Crippen LogP contribution in [0.4, 0.5) is 5.69 Å². The number of amides is 1. The van der Waals surface area contributed by atoms with Crippen molar-refractivity contribution in [1.29, 1.82) is 0 Å². The maximum absolute atomic E-state index is 13.3. The van der Waals surface area contributed by atoms with E-state index >= 15 is 0 Å². The largest absolute Gasteiger partial charge is 0.495 e. The highest BCUT2D eigenvalue weighted by atomic mass is 32.2. The quantitative estimate of drug-likeness (QED) is 0.687. The number of ether oxygens (including phenoxy) is 3. The van der Waals surface area contributed by atoms with Crippen molar-refractivity contribution in [3.8, 4) is 11.5 Å². The van der Waals surface area contributed by atoms with E-state index in [0.29, 0.717) is 11.4 Å². The fourth-order valence-electron chi connectivity index (χ4n) is 3.12. The van der Waals surface area contributed by atoms with Crippen molar-refractivity contribution in [1.82, 2.24) is 4.72 Å². The van der Waals surface area contributed by atoms with E-state index in [1.165, 1.54) is 37.3 Å². The van der Waals surface area contributed by atoms with Crippen LogP contribution in [0.3, 0.4) is 0 Å². The molecule has 2 aromatic carbocycles. The third kappa shape index (κ3) is 4.10. The molecule has 1 amide bonds. The van der Waals surface area contributed by atoms with Gasteiger partial charge in [-0.25, -0.2) is 17.9 Å². The van der Waals surface area contributed by atoms with Gasteiger partial charge in [0.2, 0.25) is 16.1 Å². The van der Waals surface area contributed by atoms with Crippen molar-refractivity contribution in [2.45, 2.75) is 17.9 Å². The van der Waals surface area contributed by atoms with Crippen molar-refractivity contribution >= 4 is 27.6 Å². The molecule has 0 bridgehead atoms. The maximum Gasteiger partial charge on any atom is 0.348 e. The lowest BCUT2D eigenvalue weighted by atomic mass is 10.1. The van der Waals surface area contributed by atoms with Gasteiger partial charge in [-0.1, -0.05) is 19.1 Å². The Morgan fingerprint density at radius 1 is 1.20 bits per heavy atom. The molecule has 0 spiro atoms. The predicted molar refractivity (Wildman–Crippen MR) is 108 cm³/mol. The van der Waals surface area contributed by atoms with Gasteiger partial charge in [-0.3, -0.25) is 4.79 Å². The number of esters is 1. The van der Waals surface area contributed by atoms with Crippen LogP contribution >= 0.6 is 0 Å². The maximum atomic E-state index is 13.3. The molecule has 3 rings (SSSR count). The van der Waals surface area contributed by atoms with E-state index in [4.69, 9.17) is 14.2 Å². The Hall–Kier alpha value is -3.11. The topological polar surface area (TPSA) is 111 Å². The minimum atomic E-state index is -3.87. The number of anilines is 1. The normalized spacial score (nSPS) is 15.7. The van der Waals surface area contributed by atoms with Gasteiger partial charge < -0.3 is 19.1 Å². The van der Waals surface area contributed by atoms with Crippen LogP contribution in [-0.4, -0.2) is 53.7 Å². The molecule has 1 aliphatic heterocycles. The number of carbonyl (C=O) groups excluding carboxylic acids is 2. The third-order valence-electron chi connectivity index (χ3n) is 4.52. The Morgan fingerprint density at radius 3 is 2.60 bits per heavy atom. The zero-order chi connectivity index (χ0) is 21.9. The number of hydrogen-bond donors (Lipinski definition) is 1. The summed E-state index contributed by atoms with van der Waals surface area (Å²) in [5, 5.41) is 0. The standard InChI is InChI=1S/C20H22N2O7S/c1-4-21-30(25,26)18-11-13(9-10-16(18)27-2)19(23)22-12-17(20(24)28-3)29-15-8-6-5-7-14(15)22/h5-11,17,21H,4,12H2,1-3H3/t17-/m1/s1. The summed E-state index contributed by atoms with van der Waals surface area (Å²) >= 11 is 0. The number of benzene rings is 2. The van der Waals surface area contributed by atoms with Crippen LogP contribution in [0.15, 0.2) is 47.4 Å². The molecule has 1 N–H and O–H groups in total. The molecule has 2 aromatic rings. The lowest BCUT2D eigenvalue weighted by Gasteiger charge is -2.33. The van der Waals surface area contributed by atoms with E-state index in [9.17, 15) is 18.0 Å². The summed E-state index contributed by atoms with van der Waals surface area (Å²) in [7, 11) is -1.29. The molecular formula is C20H22N2O7S.